The van der Waals surface area contributed by atoms with E-state index >= 15 is 0 Å². The summed E-state index contributed by atoms with van der Waals surface area (Å²) in [5, 5.41) is 13.6. The van der Waals surface area contributed by atoms with Gasteiger partial charge in [0, 0.05) is 19.1 Å². The van der Waals surface area contributed by atoms with E-state index in [0.29, 0.717) is 19.2 Å². The molecule has 1 saturated heterocycles. The van der Waals surface area contributed by atoms with E-state index in [1.165, 1.54) is 11.1 Å². The van der Waals surface area contributed by atoms with E-state index in [1.807, 2.05) is 31.2 Å². The second-order valence-corrected chi connectivity index (χ2v) is 7.22. The van der Waals surface area contributed by atoms with Crippen LogP contribution in [0.1, 0.15) is 24.0 Å². The molecule has 2 aromatic carbocycles. The van der Waals surface area contributed by atoms with E-state index in [2.05, 4.69) is 40.5 Å². The molecule has 4 heteroatoms. The standard InChI is InChI=1S/C22H30N2O2/c1-18-7-9-22(10-8-18)26-17-21(25)15-23-20-11-13-24(14-12-20)16-19-5-3-2-4-6-19/h2-10,20-21,23,25H,11-17H2,1H3. The zero-order valence-electron chi connectivity index (χ0n) is 15.6. The number of rotatable bonds is 8. The average Bonchev–Trinajstić information content (AvgIpc) is 2.68. The Morgan fingerprint density at radius 1 is 1.08 bits per heavy atom. The van der Waals surface area contributed by atoms with Crippen molar-refractivity contribution in [3.63, 3.8) is 0 Å². The first-order chi connectivity index (χ1) is 12.7. The van der Waals surface area contributed by atoms with Gasteiger partial charge in [0.15, 0.2) is 0 Å². The molecular weight excluding hydrogens is 324 g/mol. The third kappa shape index (κ3) is 6.13. The minimum Gasteiger partial charge on any atom is -0.491 e. The van der Waals surface area contributed by atoms with Crippen LogP contribution in [0.4, 0.5) is 0 Å². The SMILES string of the molecule is Cc1ccc(OCC(O)CNC2CCN(Cc3ccccc3)CC2)cc1. The summed E-state index contributed by atoms with van der Waals surface area (Å²) in [6.07, 6.45) is 1.76. The molecule has 0 amide bonds. The molecule has 1 atom stereocenters. The summed E-state index contributed by atoms with van der Waals surface area (Å²) in [6.45, 7) is 6.18. The second kappa shape index (κ2) is 9.72. The topological polar surface area (TPSA) is 44.7 Å². The summed E-state index contributed by atoms with van der Waals surface area (Å²) in [5.74, 6) is 0.809. The Morgan fingerprint density at radius 2 is 1.77 bits per heavy atom. The molecule has 26 heavy (non-hydrogen) atoms. The smallest absolute Gasteiger partial charge is 0.119 e. The van der Waals surface area contributed by atoms with Gasteiger partial charge in [-0.05, 0) is 50.6 Å². The van der Waals surface area contributed by atoms with Crippen molar-refractivity contribution in [2.45, 2.75) is 38.5 Å². The number of ether oxygens (including phenoxy) is 1. The van der Waals surface area contributed by atoms with Crippen molar-refractivity contribution in [3.8, 4) is 5.75 Å². The van der Waals surface area contributed by atoms with E-state index < -0.39 is 6.10 Å². The van der Waals surface area contributed by atoms with Crippen molar-refractivity contribution < 1.29 is 9.84 Å². The Morgan fingerprint density at radius 3 is 2.46 bits per heavy atom. The number of likely N-dealkylation sites (tertiary alicyclic amines) is 1. The molecule has 0 saturated carbocycles. The van der Waals surface area contributed by atoms with Crippen LogP contribution in [0.2, 0.25) is 0 Å². The fourth-order valence-corrected chi connectivity index (χ4v) is 3.33. The molecule has 1 aliphatic heterocycles. The highest BCUT2D eigenvalue weighted by Gasteiger charge is 2.19. The number of aliphatic hydroxyl groups excluding tert-OH is 1. The van der Waals surface area contributed by atoms with Crippen LogP contribution >= 0.6 is 0 Å². The lowest BCUT2D eigenvalue weighted by atomic mass is 10.0. The third-order valence-electron chi connectivity index (χ3n) is 4.94. The van der Waals surface area contributed by atoms with Crippen molar-refractivity contribution in [1.82, 2.24) is 10.2 Å². The molecular formula is C22H30N2O2. The Kier molecular flexibility index (Phi) is 7.06. The van der Waals surface area contributed by atoms with Crippen LogP contribution in [0.3, 0.4) is 0 Å². The normalized spacial score (nSPS) is 17.2. The summed E-state index contributed by atoms with van der Waals surface area (Å²) >= 11 is 0. The molecule has 0 aliphatic carbocycles. The van der Waals surface area contributed by atoms with Gasteiger partial charge < -0.3 is 15.2 Å². The number of aliphatic hydroxyl groups is 1. The van der Waals surface area contributed by atoms with Gasteiger partial charge in [0.05, 0.1) is 0 Å². The summed E-state index contributed by atoms with van der Waals surface area (Å²) in [4.78, 5) is 2.50. The molecule has 1 heterocycles. The predicted molar refractivity (Wildman–Crippen MR) is 105 cm³/mol. The monoisotopic (exact) mass is 354 g/mol. The lowest BCUT2D eigenvalue weighted by molar-refractivity contribution is 0.0979. The largest absolute Gasteiger partial charge is 0.491 e. The predicted octanol–water partition coefficient (Wildman–Crippen LogP) is 2.99. The Labute approximate surface area is 156 Å². The highest BCUT2D eigenvalue weighted by atomic mass is 16.5. The van der Waals surface area contributed by atoms with Gasteiger partial charge >= 0.3 is 0 Å². The number of nitrogens with one attached hydrogen (secondary N) is 1. The molecule has 1 aliphatic rings. The highest BCUT2D eigenvalue weighted by molar-refractivity contribution is 5.26. The van der Waals surface area contributed by atoms with Gasteiger partial charge in [-0.2, -0.15) is 0 Å². The minimum atomic E-state index is -0.487. The number of hydrogen-bond acceptors (Lipinski definition) is 4. The molecule has 0 aromatic heterocycles. The molecule has 0 spiro atoms. The summed E-state index contributed by atoms with van der Waals surface area (Å²) in [7, 11) is 0. The fourth-order valence-electron chi connectivity index (χ4n) is 3.33. The van der Waals surface area contributed by atoms with E-state index in [9.17, 15) is 5.11 Å². The quantitative estimate of drug-likeness (QED) is 0.765. The molecule has 1 unspecified atom stereocenters. The maximum absolute atomic E-state index is 10.1. The first-order valence-corrected chi connectivity index (χ1v) is 9.56. The third-order valence-corrected chi connectivity index (χ3v) is 4.94. The zero-order valence-corrected chi connectivity index (χ0v) is 15.6. The zero-order chi connectivity index (χ0) is 18.2. The Bertz CT molecular complexity index is 637. The molecule has 0 radical (unpaired) electrons. The lowest BCUT2D eigenvalue weighted by Crippen LogP contribution is -2.45. The van der Waals surface area contributed by atoms with Crippen molar-refractivity contribution in [2.24, 2.45) is 0 Å². The highest BCUT2D eigenvalue weighted by Crippen LogP contribution is 2.14. The van der Waals surface area contributed by atoms with Crippen molar-refractivity contribution >= 4 is 0 Å². The number of benzene rings is 2. The van der Waals surface area contributed by atoms with Gasteiger partial charge in [0.2, 0.25) is 0 Å². The van der Waals surface area contributed by atoms with Gasteiger partial charge in [-0.25, -0.2) is 0 Å². The summed E-state index contributed by atoms with van der Waals surface area (Å²) in [5.41, 5.74) is 2.58. The molecule has 1 fully saturated rings. The van der Waals surface area contributed by atoms with Gasteiger partial charge in [0.1, 0.15) is 18.5 Å². The van der Waals surface area contributed by atoms with E-state index in [0.717, 1.165) is 38.2 Å². The van der Waals surface area contributed by atoms with E-state index in [1.54, 1.807) is 0 Å². The number of aryl methyl sites for hydroxylation is 1. The number of nitrogens with zero attached hydrogens (tertiary/aromatic N) is 1. The van der Waals surface area contributed by atoms with Gasteiger partial charge in [-0.3, -0.25) is 4.90 Å². The van der Waals surface area contributed by atoms with Crippen LogP contribution in [0.25, 0.3) is 0 Å². The Hall–Kier alpha value is -1.88. The van der Waals surface area contributed by atoms with Crippen molar-refractivity contribution in [3.05, 3.63) is 65.7 Å². The molecule has 140 valence electrons. The van der Waals surface area contributed by atoms with Crippen LogP contribution in [0.15, 0.2) is 54.6 Å². The van der Waals surface area contributed by atoms with Crippen LogP contribution in [0.5, 0.6) is 5.75 Å². The second-order valence-electron chi connectivity index (χ2n) is 7.22. The minimum absolute atomic E-state index is 0.322. The maximum atomic E-state index is 10.1. The van der Waals surface area contributed by atoms with E-state index in [4.69, 9.17) is 4.74 Å². The van der Waals surface area contributed by atoms with Gasteiger partial charge in [-0.15, -0.1) is 0 Å². The van der Waals surface area contributed by atoms with Crippen LogP contribution in [-0.4, -0.2) is 48.4 Å². The first-order valence-electron chi connectivity index (χ1n) is 9.56. The molecule has 3 rings (SSSR count). The number of piperidine rings is 1. The van der Waals surface area contributed by atoms with Gasteiger partial charge in [-0.1, -0.05) is 48.0 Å². The molecule has 2 aromatic rings. The number of hydrogen-bond donors (Lipinski definition) is 2. The van der Waals surface area contributed by atoms with Crippen LogP contribution in [-0.2, 0) is 6.54 Å². The fraction of sp³-hybridized carbons (Fsp3) is 0.455. The molecule has 0 bridgehead atoms. The first kappa shape index (κ1) is 18.9. The van der Waals surface area contributed by atoms with Crippen LogP contribution in [0, 0.1) is 6.92 Å². The maximum Gasteiger partial charge on any atom is 0.119 e. The molecule has 2 N–H and O–H groups in total. The van der Waals surface area contributed by atoms with Crippen LogP contribution < -0.4 is 10.1 Å². The Balaban J connectivity index is 1.31. The lowest BCUT2D eigenvalue weighted by Gasteiger charge is -2.33. The van der Waals surface area contributed by atoms with Gasteiger partial charge in [0.25, 0.3) is 0 Å². The van der Waals surface area contributed by atoms with E-state index in [-0.39, 0.29) is 0 Å². The average molecular weight is 354 g/mol. The van der Waals surface area contributed by atoms with Crippen molar-refractivity contribution in [2.75, 3.05) is 26.2 Å². The summed E-state index contributed by atoms with van der Waals surface area (Å²) in [6, 6.07) is 19.0. The van der Waals surface area contributed by atoms with Crippen molar-refractivity contribution in [1.29, 1.82) is 0 Å². The summed E-state index contributed by atoms with van der Waals surface area (Å²) < 4.78 is 5.65. The molecule has 4 nitrogen and oxygen atoms in total.